The van der Waals surface area contributed by atoms with Gasteiger partial charge in [0.1, 0.15) is 0 Å². The van der Waals surface area contributed by atoms with Crippen LogP contribution in [0.2, 0.25) is 0 Å². The Morgan fingerprint density at radius 3 is 2.80 bits per heavy atom. The number of hydrogen-bond donors (Lipinski definition) is 0. The number of rotatable bonds is 5. The van der Waals surface area contributed by atoms with Crippen LogP contribution in [0.25, 0.3) is 0 Å². The van der Waals surface area contributed by atoms with E-state index in [2.05, 4.69) is 9.80 Å². The van der Waals surface area contributed by atoms with Gasteiger partial charge in [-0.25, -0.2) is 4.39 Å². The molecule has 25 heavy (non-hydrogen) atoms. The Hall–Kier alpha value is -1.66. The van der Waals surface area contributed by atoms with E-state index in [-0.39, 0.29) is 11.7 Å². The standard InChI is InChI=1S/C19H28FN3O2/c1-21(2)19(24)13-22-9-15-4-6-16(12-22)23(11-15)10-14-5-7-17(20)18(8-14)25-3/h5,7-8,15-16H,4,6,9-13H2,1-3H3/t15-,16+/m0/s1. The summed E-state index contributed by atoms with van der Waals surface area (Å²) in [5.74, 6) is 0.736. The van der Waals surface area contributed by atoms with E-state index in [1.807, 2.05) is 20.2 Å². The Balaban J connectivity index is 1.67. The molecule has 2 atom stereocenters. The minimum atomic E-state index is -0.322. The van der Waals surface area contributed by atoms with Crippen molar-refractivity contribution in [3.8, 4) is 5.75 Å². The second kappa shape index (κ2) is 7.70. The maximum Gasteiger partial charge on any atom is 0.236 e. The van der Waals surface area contributed by atoms with Crippen molar-refractivity contribution in [2.45, 2.75) is 25.4 Å². The number of likely N-dealkylation sites (N-methyl/N-ethyl adjacent to an activating group) is 1. The Kier molecular flexibility index (Phi) is 5.59. The van der Waals surface area contributed by atoms with Crippen molar-refractivity contribution in [2.24, 2.45) is 5.92 Å². The number of ether oxygens (including phenoxy) is 1. The normalized spacial score (nSPS) is 24.2. The lowest BCUT2D eigenvalue weighted by atomic mass is 9.94. The van der Waals surface area contributed by atoms with E-state index in [9.17, 15) is 9.18 Å². The average Bonchev–Trinajstić information content (AvgIpc) is 2.87. The lowest BCUT2D eigenvalue weighted by molar-refractivity contribution is -0.130. The fourth-order valence-corrected chi connectivity index (χ4v) is 3.97. The van der Waals surface area contributed by atoms with Crippen molar-refractivity contribution < 1.29 is 13.9 Å². The summed E-state index contributed by atoms with van der Waals surface area (Å²) < 4.78 is 18.7. The molecule has 0 aliphatic carbocycles. The maximum absolute atomic E-state index is 13.6. The molecule has 3 aliphatic rings. The third-order valence-electron chi connectivity index (χ3n) is 5.36. The topological polar surface area (TPSA) is 36.0 Å². The zero-order chi connectivity index (χ0) is 18.0. The van der Waals surface area contributed by atoms with Crippen molar-refractivity contribution in [1.82, 2.24) is 14.7 Å². The Bertz CT molecular complexity index is 623. The van der Waals surface area contributed by atoms with Gasteiger partial charge < -0.3 is 9.64 Å². The second-order valence-electron chi connectivity index (χ2n) is 7.48. The monoisotopic (exact) mass is 349 g/mol. The summed E-state index contributed by atoms with van der Waals surface area (Å²) >= 11 is 0. The zero-order valence-corrected chi connectivity index (χ0v) is 15.4. The fourth-order valence-electron chi connectivity index (χ4n) is 3.97. The predicted molar refractivity (Wildman–Crippen MR) is 95.0 cm³/mol. The van der Waals surface area contributed by atoms with Crippen LogP contribution in [0.3, 0.4) is 0 Å². The Morgan fingerprint density at radius 1 is 1.28 bits per heavy atom. The van der Waals surface area contributed by atoms with Crippen molar-refractivity contribution in [2.75, 3.05) is 47.4 Å². The molecule has 1 amide bonds. The highest BCUT2D eigenvalue weighted by Gasteiger charge is 2.35. The molecule has 6 heteroatoms. The van der Waals surface area contributed by atoms with E-state index in [1.165, 1.54) is 19.6 Å². The Morgan fingerprint density at radius 2 is 2.08 bits per heavy atom. The van der Waals surface area contributed by atoms with Crippen LogP contribution >= 0.6 is 0 Å². The van der Waals surface area contributed by atoms with Gasteiger partial charge in [0.2, 0.25) is 5.91 Å². The molecule has 0 unspecified atom stereocenters. The molecule has 3 fully saturated rings. The predicted octanol–water partition coefficient (Wildman–Crippen LogP) is 1.82. The highest BCUT2D eigenvalue weighted by Crippen LogP contribution is 2.30. The van der Waals surface area contributed by atoms with E-state index in [1.54, 1.807) is 11.0 Å². The van der Waals surface area contributed by atoms with E-state index in [0.717, 1.165) is 38.2 Å². The highest BCUT2D eigenvalue weighted by molar-refractivity contribution is 5.77. The van der Waals surface area contributed by atoms with Gasteiger partial charge in [-0.2, -0.15) is 0 Å². The van der Waals surface area contributed by atoms with Gasteiger partial charge in [-0.1, -0.05) is 6.07 Å². The van der Waals surface area contributed by atoms with Gasteiger partial charge in [0.25, 0.3) is 0 Å². The lowest BCUT2D eigenvalue weighted by Crippen LogP contribution is -2.44. The van der Waals surface area contributed by atoms with Crippen LogP contribution in [0, 0.1) is 11.7 Å². The molecule has 0 radical (unpaired) electrons. The first-order chi connectivity index (χ1) is 12.0. The molecule has 0 spiro atoms. The molecule has 3 aliphatic heterocycles. The first-order valence-electron chi connectivity index (χ1n) is 8.95. The molecule has 1 aromatic rings. The van der Waals surface area contributed by atoms with Gasteiger partial charge >= 0.3 is 0 Å². The summed E-state index contributed by atoms with van der Waals surface area (Å²) in [6, 6.07) is 5.56. The first-order valence-corrected chi connectivity index (χ1v) is 8.95. The summed E-state index contributed by atoms with van der Waals surface area (Å²) in [5, 5.41) is 0. The number of piperidine rings is 1. The average molecular weight is 349 g/mol. The number of carbonyl (C=O) groups excluding carboxylic acids is 1. The number of carbonyl (C=O) groups is 1. The molecule has 3 heterocycles. The molecule has 2 bridgehead atoms. The number of methoxy groups -OCH3 is 1. The van der Waals surface area contributed by atoms with Gasteiger partial charge in [-0.05, 0) is 36.5 Å². The molecule has 3 saturated heterocycles. The quantitative estimate of drug-likeness (QED) is 0.812. The minimum absolute atomic E-state index is 0.163. The molecule has 5 nitrogen and oxygen atoms in total. The third kappa shape index (κ3) is 4.30. The number of fused-ring (bicyclic) bond motifs is 4. The summed E-state index contributed by atoms with van der Waals surface area (Å²) in [6.45, 7) is 4.25. The van der Waals surface area contributed by atoms with Gasteiger partial charge in [-0.3, -0.25) is 14.6 Å². The molecule has 0 aromatic heterocycles. The van der Waals surface area contributed by atoms with E-state index in [0.29, 0.717) is 24.3 Å². The van der Waals surface area contributed by atoms with E-state index in [4.69, 9.17) is 4.74 Å². The van der Waals surface area contributed by atoms with Crippen LogP contribution in [-0.4, -0.2) is 74.0 Å². The summed E-state index contributed by atoms with van der Waals surface area (Å²) in [6.07, 6.45) is 2.39. The molecule has 1 aromatic carbocycles. The SMILES string of the molecule is COc1cc(CN2C[C@H]3CC[C@@H]2CN(CC(=O)N(C)C)C3)ccc1F. The van der Waals surface area contributed by atoms with E-state index < -0.39 is 0 Å². The molecular formula is C19H28FN3O2. The molecular weight excluding hydrogens is 321 g/mol. The van der Waals surface area contributed by atoms with Crippen LogP contribution in [0.4, 0.5) is 4.39 Å². The van der Waals surface area contributed by atoms with Crippen LogP contribution < -0.4 is 4.74 Å². The summed E-state index contributed by atoms with van der Waals surface area (Å²) in [5.41, 5.74) is 1.07. The highest BCUT2D eigenvalue weighted by atomic mass is 19.1. The van der Waals surface area contributed by atoms with Crippen LogP contribution in [0.15, 0.2) is 18.2 Å². The molecule has 4 rings (SSSR count). The summed E-state index contributed by atoms with van der Waals surface area (Å²) in [7, 11) is 5.11. The maximum atomic E-state index is 13.6. The Labute approximate surface area is 149 Å². The number of benzene rings is 1. The lowest BCUT2D eigenvalue weighted by Gasteiger charge is -2.36. The van der Waals surface area contributed by atoms with Crippen molar-refractivity contribution in [1.29, 1.82) is 0 Å². The zero-order valence-electron chi connectivity index (χ0n) is 15.4. The number of nitrogens with zero attached hydrogens (tertiary/aromatic N) is 3. The van der Waals surface area contributed by atoms with E-state index >= 15 is 0 Å². The van der Waals surface area contributed by atoms with Crippen molar-refractivity contribution in [3.05, 3.63) is 29.6 Å². The molecule has 138 valence electrons. The van der Waals surface area contributed by atoms with Gasteiger partial charge in [-0.15, -0.1) is 0 Å². The second-order valence-corrected chi connectivity index (χ2v) is 7.48. The molecule has 0 saturated carbocycles. The first kappa shape index (κ1) is 18.1. The number of hydrogen-bond acceptors (Lipinski definition) is 4. The minimum Gasteiger partial charge on any atom is -0.494 e. The number of halogens is 1. The van der Waals surface area contributed by atoms with Crippen LogP contribution in [0.1, 0.15) is 18.4 Å². The van der Waals surface area contributed by atoms with Crippen molar-refractivity contribution >= 4 is 5.91 Å². The third-order valence-corrected chi connectivity index (χ3v) is 5.36. The smallest absolute Gasteiger partial charge is 0.236 e. The van der Waals surface area contributed by atoms with Crippen LogP contribution in [0.5, 0.6) is 5.75 Å². The summed E-state index contributed by atoms with van der Waals surface area (Å²) in [4.78, 5) is 18.5. The largest absolute Gasteiger partial charge is 0.494 e. The number of amides is 1. The van der Waals surface area contributed by atoms with Gasteiger partial charge in [0.15, 0.2) is 11.6 Å². The van der Waals surface area contributed by atoms with Crippen molar-refractivity contribution in [3.63, 3.8) is 0 Å². The van der Waals surface area contributed by atoms with Gasteiger partial charge in [0, 0.05) is 46.3 Å². The van der Waals surface area contributed by atoms with Gasteiger partial charge in [0.05, 0.1) is 13.7 Å². The van der Waals surface area contributed by atoms with Crippen LogP contribution in [-0.2, 0) is 11.3 Å². The molecule has 0 N–H and O–H groups in total. The fraction of sp³-hybridized carbons (Fsp3) is 0.632.